The van der Waals surface area contributed by atoms with Crippen LogP contribution in [0.25, 0.3) is 0 Å². The van der Waals surface area contributed by atoms with Crippen LogP contribution in [0, 0.1) is 5.41 Å². The number of carbonyl (C=O) groups excluding carboxylic acids is 1. The largest absolute Gasteiger partial charge is 0.339 e. The van der Waals surface area contributed by atoms with Gasteiger partial charge in [-0.2, -0.15) is 12.6 Å². The molecule has 0 aromatic rings. The second kappa shape index (κ2) is 3.76. The van der Waals surface area contributed by atoms with Crippen molar-refractivity contribution in [2.75, 3.05) is 12.3 Å². The number of carbonyl (C=O) groups is 1. The van der Waals surface area contributed by atoms with Crippen molar-refractivity contribution in [3.05, 3.63) is 0 Å². The van der Waals surface area contributed by atoms with E-state index in [2.05, 4.69) is 24.5 Å². The topological polar surface area (TPSA) is 20.3 Å². The minimum absolute atomic E-state index is 0.352. The maximum absolute atomic E-state index is 11.6. The summed E-state index contributed by atoms with van der Waals surface area (Å²) in [5, 5.41) is 0. The smallest absolute Gasteiger partial charge is 0.222 e. The van der Waals surface area contributed by atoms with Gasteiger partial charge in [0.05, 0.1) is 0 Å². The van der Waals surface area contributed by atoms with Crippen LogP contribution in [0.1, 0.15) is 39.0 Å². The van der Waals surface area contributed by atoms with Gasteiger partial charge in [0.2, 0.25) is 5.91 Å². The highest BCUT2D eigenvalue weighted by molar-refractivity contribution is 7.80. The molecule has 1 saturated carbocycles. The van der Waals surface area contributed by atoms with E-state index in [1.54, 1.807) is 0 Å². The van der Waals surface area contributed by atoms with Gasteiger partial charge in [-0.15, -0.1) is 0 Å². The summed E-state index contributed by atoms with van der Waals surface area (Å²) in [5.74, 6) is 1.29. The van der Waals surface area contributed by atoms with Gasteiger partial charge in [0.15, 0.2) is 0 Å². The second-order valence-electron chi connectivity index (χ2n) is 4.92. The van der Waals surface area contributed by atoms with Gasteiger partial charge in [0, 0.05) is 19.0 Å². The number of amides is 1. The van der Waals surface area contributed by atoms with Gasteiger partial charge in [-0.25, -0.2) is 0 Å². The average molecular weight is 213 g/mol. The summed E-state index contributed by atoms with van der Waals surface area (Å²) in [7, 11) is 0. The third kappa shape index (κ3) is 1.67. The van der Waals surface area contributed by atoms with Gasteiger partial charge in [-0.1, -0.05) is 6.42 Å². The molecule has 0 bridgehead atoms. The zero-order chi connectivity index (χ0) is 10.2. The molecule has 2 rings (SSSR count). The van der Waals surface area contributed by atoms with Crippen molar-refractivity contribution in [1.29, 1.82) is 0 Å². The molecule has 0 N–H and O–H groups in total. The molecule has 1 aliphatic carbocycles. The molecule has 1 atom stereocenters. The summed E-state index contributed by atoms with van der Waals surface area (Å²) in [6, 6.07) is 0.458. The fraction of sp³-hybridized carbons (Fsp3) is 0.909. The lowest BCUT2D eigenvalue weighted by Crippen LogP contribution is -2.46. The number of rotatable bonds is 3. The first-order valence-electron chi connectivity index (χ1n) is 5.57. The zero-order valence-electron chi connectivity index (χ0n) is 8.83. The Morgan fingerprint density at radius 2 is 2.29 bits per heavy atom. The predicted molar refractivity (Wildman–Crippen MR) is 60.5 cm³/mol. The van der Waals surface area contributed by atoms with Crippen LogP contribution < -0.4 is 0 Å². The van der Waals surface area contributed by atoms with Gasteiger partial charge in [-0.05, 0) is 37.4 Å². The van der Waals surface area contributed by atoms with Crippen LogP contribution in [-0.4, -0.2) is 29.1 Å². The molecule has 2 aliphatic rings. The first-order chi connectivity index (χ1) is 6.67. The van der Waals surface area contributed by atoms with Crippen LogP contribution in [0.5, 0.6) is 0 Å². The summed E-state index contributed by atoms with van der Waals surface area (Å²) >= 11 is 4.43. The maximum atomic E-state index is 11.6. The third-order valence-electron chi connectivity index (χ3n) is 3.88. The molecule has 0 spiro atoms. The minimum Gasteiger partial charge on any atom is -0.339 e. The van der Waals surface area contributed by atoms with Gasteiger partial charge >= 0.3 is 0 Å². The monoisotopic (exact) mass is 213 g/mol. The van der Waals surface area contributed by atoms with Crippen LogP contribution in [-0.2, 0) is 4.79 Å². The van der Waals surface area contributed by atoms with Crippen molar-refractivity contribution in [2.45, 2.75) is 45.1 Å². The summed E-state index contributed by atoms with van der Waals surface area (Å²) < 4.78 is 0. The SMILES string of the molecule is CC1CCC(=O)N1CC1(CS)CCC1. The van der Waals surface area contributed by atoms with Crippen molar-refractivity contribution in [3.63, 3.8) is 0 Å². The van der Waals surface area contributed by atoms with Crippen molar-refractivity contribution in [2.24, 2.45) is 5.41 Å². The Balaban J connectivity index is 1.98. The first-order valence-corrected chi connectivity index (χ1v) is 6.20. The van der Waals surface area contributed by atoms with Gasteiger partial charge < -0.3 is 4.90 Å². The van der Waals surface area contributed by atoms with Gasteiger partial charge in [-0.3, -0.25) is 4.79 Å². The zero-order valence-corrected chi connectivity index (χ0v) is 9.72. The molecule has 0 aromatic carbocycles. The van der Waals surface area contributed by atoms with Gasteiger partial charge in [0.25, 0.3) is 0 Å². The van der Waals surface area contributed by atoms with E-state index in [1.807, 2.05) is 0 Å². The number of likely N-dealkylation sites (tertiary alicyclic amines) is 1. The highest BCUT2D eigenvalue weighted by atomic mass is 32.1. The standard InChI is InChI=1S/C11H19NOS/c1-9-3-4-10(13)12(9)7-11(8-14)5-2-6-11/h9,14H,2-8H2,1H3. The van der Waals surface area contributed by atoms with E-state index in [0.717, 1.165) is 25.1 Å². The van der Waals surface area contributed by atoms with Crippen molar-refractivity contribution in [3.8, 4) is 0 Å². The summed E-state index contributed by atoms with van der Waals surface area (Å²) in [6.45, 7) is 3.12. The predicted octanol–water partition coefficient (Wildman–Crippen LogP) is 2.10. The fourth-order valence-corrected chi connectivity index (χ4v) is 2.94. The molecule has 0 aromatic heterocycles. The summed E-state index contributed by atoms with van der Waals surface area (Å²) in [4.78, 5) is 13.7. The van der Waals surface area contributed by atoms with Crippen LogP contribution in [0.2, 0.25) is 0 Å². The molecule has 14 heavy (non-hydrogen) atoms. The Morgan fingerprint density at radius 3 is 2.64 bits per heavy atom. The second-order valence-corrected chi connectivity index (χ2v) is 5.24. The summed E-state index contributed by atoms with van der Waals surface area (Å²) in [6.07, 6.45) is 5.63. The van der Waals surface area contributed by atoms with Crippen LogP contribution in [0.3, 0.4) is 0 Å². The average Bonchev–Trinajstić information content (AvgIpc) is 2.41. The van der Waals surface area contributed by atoms with E-state index in [-0.39, 0.29) is 0 Å². The van der Waals surface area contributed by atoms with Crippen LogP contribution in [0.15, 0.2) is 0 Å². The van der Waals surface area contributed by atoms with E-state index >= 15 is 0 Å². The van der Waals surface area contributed by atoms with Gasteiger partial charge in [0.1, 0.15) is 0 Å². The van der Waals surface area contributed by atoms with E-state index in [4.69, 9.17) is 0 Å². The molecule has 1 amide bonds. The molecule has 2 nitrogen and oxygen atoms in total. The van der Waals surface area contributed by atoms with E-state index in [9.17, 15) is 4.79 Å². The van der Waals surface area contributed by atoms with Crippen molar-refractivity contribution >= 4 is 18.5 Å². The van der Waals surface area contributed by atoms with Crippen LogP contribution >= 0.6 is 12.6 Å². The quantitative estimate of drug-likeness (QED) is 0.712. The highest BCUT2D eigenvalue weighted by Gasteiger charge is 2.40. The molecule has 2 fully saturated rings. The molecule has 80 valence electrons. The van der Waals surface area contributed by atoms with Crippen molar-refractivity contribution in [1.82, 2.24) is 4.90 Å². The number of hydrogen-bond donors (Lipinski definition) is 1. The Morgan fingerprint density at radius 1 is 1.57 bits per heavy atom. The molecule has 1 unspecified atom stereocenters. The van der Waals surface area contributed by atoms with Crippen LogP contribution in [0.4, 0.5) is 0 Å². The number of hydrogen-bond acceptors (Lipinski definition) is 2. The molecule has 1 aliphatic heterocycles. The van der Waals surface area contributed by atoms with E-state index in [0.29, 0.717) is 17.4 Å². The Kier molecular flexibility index (Phi) is 2.78. The lowest BCUT2D eigenvalue weighted by atomic mass is 9.70. The molecule has 3 heteroatoms. The molecule has 1 saturated heterocycles. The van der Waals surface area contributed by atoms with Crippen molar-refractivity contribution < 1.29 is 4.79 Å². The molecule has 1 heterocycles. The maximum Gasteiger partial charge on any atom is 0.222 e. The first kappa shape index (κ1) is 10.3. The Labute approximate surface area is 91.5 Å². The van der Waals surface area contributed by atoms with E-state index < -0.39 is 0 Å². The normalized spacial score (nSPS) is 30.6. The molecular weight excluding hydrogens is 194 g/mol. The Bertz CT molecular complexity index is 232. The molecular formula is C11H19NOS. The Hall–Kier alpha value is -0.180. The summed E-state index contributed by atoms with van der Waals surface area (Å²) in [5.41, 5.74) is 0.359. The lowest BCUT2D eigenvalue weighted by Gasteiger charge is -2.44. The number of thiol groups is 1. The van der Waals surface area contributed by atoms with E-state index in [1.165, 1.54) is 19.3 Å². The number of nitrogens with zero attached hydrogens (tertiary/aromatic N) is 1. The molecule has 0 radical (unpaired) electrons. The lowest BCUT2D eigenvalue weighted by molar-refractivity contribution is -0.131. The fourth-order valence-electron chi connectivity index (χ4n) is 2.53. The third-order valence-corrected chi connectivity index (χ3v) is 4.55. The minimum atomic E-state index is 0.352. The highest BCUT2D eigenvalue weighted by Crippen LogP contribution is 2.43.